The molecule has 0 radical (unpaired) electrons. The number of fused-ring (bicyclic) bond motifs is 1. The summed E-state index contributed by atoms with van der Waals surface area (Å²) < 4.78 is 0. The molecule has 2 aromatic rings. The van der Waals surface area contributed by atoms with Crippen molar-refractivity contribution in [2.45, 2.75) is 6.54 Å². The molecule has 1 aliphatic heterocycles. The molecule has 2 heterocycles. The van der Waals surface area contributed by atoms with Crippen LogP contribution in [0.1, 0.15) is 5.56 Å². The maximum atomic E-state index is 5.41. The molecule has 5 nitrogen and oxygen atoms in total. The number of rotatable bonds is 3. The van der Waals surface area contributed by atoms with Crippen LogP contribution in [0.3, 0.4) is 0 Å². The summed E-state index contributed by atoms with van der Waals surface area (Å²) in [6.45, 7) is 2.91. The van der Waals surface area contributed by atoms with E-state index < -0.39 is 0 Å². The number of hydrogen-bond acceptors (Lipinski definition) is 5. The minimum absolute atomic E-state index is 0.699. The third kappa shape index (κ3) is 2.40. The zero-order valence-electron chi connectivity index (χ0n) is 11.6. The van der Waals surface area contributed by atoms with Gasteiger partial charge in [-0.25, -0.2) is 10.8 Å². The number of likely N-dealkylation sites (N-methyl/N-ethyl adjacent to an activating group) is 1. The van der Waals surface area contributed by atoms with Gasteiger partial charge in [0.25, 0.3) is 0 Å². The van der Waals surface area contributed by atoms with E-state index in [2.05, 4.69) is 51.5 Å². The molecular formula is C15H19N5. The number of aromatic nitrogens is 1. The lowest BCUT2D eigenvalue weighted by Gasteiger charge is -2.37. The van der Waals surface area contributed by atoms with Gasteiger partial charge in [-0.3, -0.25) is 0 Å². The van der Waals surface area contributed by atoms with Crippen LogP contribution in [0.25, 0.3) is 0 Å². The number of pyridine rings is 1. The molecule has 5 heteroatoms. The summed E-state index contributed by atoms with van der Waals surface area (Å²) in [5, 5.41) is 0. The van der Waals surface area contributed by atoms with Gasteiger partial charge in [-0.05, 0) is 29.8 Å². The molecule has 104 valence electrons. The van der Waals surface area contributed by atoms with Gasteiger partial charge in [-0.15, -0.1) is 0 Å². The standard InChI is InChI=1S/C15H19N5/c1-19-8-9-20(14-5-3-2-4-13(14)19)11-12-6-7-17-15(10-12)18-16/h2-7,10H,8-9,11,16H2,1H3,(H,17,18). The van der Waals surface area contributed by atoms with Crippen LogP contribution in [0.5, 0.6) is 0 Å². The van der Waals surface area contributed by atoms with Crippen molar-refractivity contribution in [1.29, 1.82) is 0 Å². The van der Waals surface area contributed by atoms with E-state index in [0.29, 0.717) is 5.82 Å². The van der Waals surface area contributed by atoms with Gasteiger partial charge < -0.3 is 15.2 Å². The van der Waals surface area contributed by atoms with Gasteiger partial charge >= 0.3 is 0 Å². The van der Waals surface area contributed by atoms with Crippen LogP contribution >= 0.6 is 0 Å². The largest absolute Gasteiger partial charge is 0.371 e. The number of nitrogens with one attached hydrogen (secondary N) is 1. The van der Waals surface area contributed by atoms with Crippen molar-refractivity contribution in [3.8, 4) is 0 Å². The Morgan fingerprint density at radius 1 is 1.20 bits per heavy atom. The summed E-state index contributed by atoms with van der Waals surface area (Å²) in [4.78, 5) is 8.84. The summed E-state index contributed by atoms with van der Waals surface area (Å²) >= 11 is 0. The summed E-state index contributed by atoms with van der Waals surface area (Å²) in [7, 11) is 2.14. The third-order valence-electron chi connectivity index (χ3n) is 3.68. The second-order valence-electron chi connectivity index (χ2n) is 5.03. The molecule has 20 heavy (non-hydrogen) atoms. The molecule has 0 saturated heterocycles. The van der Waals surface area contributed by atoms with Gasteiger partial charge in [-0.1, -0.05) is 12.1 Å². The van der Waals surface area contributed by atoms with Crippen LogP contribution < -0.4 is 21.1 Å². The Morgan fingerprint density at radius 2 is 2.00 bits per heavy atom. The average molecular weight is 269 g/mol. The molecule has 3 N–H and O–H groups in total. The van der Waals surface area contributed by atoms with Crippen LogP contribution in [0.4, 0.5) is 17.2 Å². The minimum atomic E-state index is 0.699. The fraction of sp³-hybridized carbons (Fsp3) is 0.267. The number of anilines is 3. The monoisotopic (exact) mass is 269 g/mol. The number of nitrogens with zero attached hydrogens (tertiary/aromatic N) is 3. The summed E-state index contributed by atoms with van der Waals surface area (Å²) in [5.74, 6) is 6.11. The van der Waals surface area contributed by atoms with Crippen molar-refractivity contribution in [2.24, 2.45) is 5.84 Å². The molecule has 0 unspecified atom stereocenters. The van der Waals surface area contributed by atoms with Crippen molar-refractivity contribution < 1.29 is 0 Å². The van der Waals surface area contributed by atoms with Crippen molar-refractivity contribution in [1.82, 2.24) is 4.98 Å². The SMILES string of the molecule is CN1CCN(Cc2ccnc(NN)c2)c2ccccc21. The highest BCUT2D eigenvalue weighted by molar-refractivity contribution is 5.73. The highest BCUT2D eigenvalue weighted by Gasteiger charge is 2.19. The molecule has 1 aromatic carbocycles. The van der Waals surface area contributed by atoms with Crippen LogP contribution in [0, 0.1) is 0 Å². The molecule has 0 fully saturated rings. The lowest BCUT2D eigenvalue weighted by molar-refractivity contribution is 0.734. The van der Waals surface area contributed by atoms with Crippen molar-refractivity contribution >= 4 is 17.2 Å². The number of benzene rings is 1. The molecule has 0 bridgehead atoms. The lowest BCUT2D eigenvalue weighted by atomic mass is 10.1. The highest BCUT2D eigenvalue weighted by Crippen LogP contribution is 2.32. The third-order valence-corrected chi connectivity index (χ3v) is 3.68. The van der Waals surface area contributed by atoms with Crippen LogP contribution in [-0.2, 0) is 6.54 Å². The van der Waals surface area contributed by atoms with E-state index in [1.807, 2.05) is 12.1 Å². The average Bonchev–Trinajstić information content (AvgIpc) is 2.51. The fourth-order valence-corrected chi connectivity index (χ4v) is 2.60. The Labute approximate surface area is 119 Å². The van der Waals surface area contributed by atoms with E-state index in [0.717, 1.165) is 19.6 Å². The predicted molar refractivity (Wildman–Crippen MR) is 82.8 cm³/mol. The molecule has 0 spiro atoms. The van der Waals surface area contributed by atoms with E-state index in [4.69, 9.17) is 5.84 Å². The van der Waals surface area contributed by atoms with E-state index >= 15 is 0 Å². The van der Waals surface area contributed by atoms with Gasteiger partial charge in [0.15, 0.2) is 0 Å². The Bertz CT molecular complexity index is 598. The first-order valence-corrected chi connectivity index (χ1v) is 6.74. The summed E-state index contributed by atoms with van der Waals surface area (Å²) in [6.07, 6.45) is 1.78. The van der Waals surface area contributed by atoms with E-state index in [1.165, 1.54) is 16.9 Å². The molecule has 1 aromatic heterocycles. The zero-order chi connectivity index (χ0) is 13.9. The molecule has 0 atom stereocenters. The Hall–Kier alpha value is -2.27. The van der Waals surface area contributed by atoms with E-state index in [9.17, 15) is 0 Å². The van der Waals surface area contributed by atoms with Crippen molar-refractivity contribution in [3.05, 3.63) is 48.2 Å². The molecule has 0 amide bonds. The maximum Gasteiger partial charge on any atom is 0.140 e. The number of para-hydroxylation sites is 2. The van der Waals surface area contributed by atoms with Crippen LogP contribution in [0.15, 0.2) is 42.6 Å². The number of hydrazine groups is 1. The van der Waals surface area contributed by atoms with Gasteiger partial charge in [0.1, 0.15) is 5.82 Å². The van der Waals surface area contributed by atoms with Gasteiger partial charge in [-0.2, -0.15) is 0 Å². The van der Waals surface area contributed by atoms with E-state index in [-0.39, 0.29) is 0 Å². The molecule has 0 saturated carbocycles. The van der Waals surface area contributed by atoms with Gasteiger partial charge in [0, 0.05) is 32.9 Å². The lowest BCUT2D eigenvalue weighted by Crippen LogP contribution is -2.38. The van der Waals surface area contributed by atoms with E-state index in [1.54, 1.807) is 6.20 Å². The maximum absolute atomic E-state index is 5.41. The Kier molecular flexibility index (Phi) is 3.43. The molecule has 1 aliphatic rings. The molecular weight excluding hydrogens is 250 g/mol. The van der Waals surface area contributed by atoms with Crippen molar-refractivity contribution in [3.63, 3.8) is 0 Å². The second kappa shape index (κ2) is 5.38. The first kappa shape index (κ1) is 12.7. The molecule has 0 aliphatic carbocycles. The summed E-state index contributed by atoms with van der Waals surface area (Å²) in [6, 6.07) is 12.5. The summed E-state index contributed by atoms with van der Waals surface area (Å²) in [5.41, 5.74) is 6.35. The van der Waals surface area contributed by atoms with Gasteiger partial charge in [0.05, 0.1) is 11.4 Å². The van der Waals surface area contributed by atoms with Gasteiger partial charge in [0.2, 0.25) is 0 Å². The number of hydrogen-bond donors (Lipinski definition) is 2. The highest BCUT2D eigenvalue weighted by atomic mass is 15.3. The normalized spacial score (nSPS) is 14.1. The first-order valence-electron chi connectivity index (χ1n) is 6.74. The predicted octanol–water partition coefficient (Wildman–Crippen LogP) is 1.82. The number of nitrogen functional groups attached to an aromatic ring is 1. The number of nitrogens with two attached hydrogens (primary N) is 1. The van der Waals surface area contributed by atoms with Crippen molar-refractivity contribution in [2.75, 3.05) is 35.4 Å². The quantitative estimate of drug-likeness (QED) is 0.657. The van der Waals surface area contributed by atoms with Crippen LogP contribution in [-0.4, -0.2) is 25.1 Å². The molecule has 3 rings (SSSR count). The fourth-order valence-electron chi connectivity index (χ4n) is 2.60. The van der Waals surface area contributed by atoms with Crippen LogP contribution in [0.2, 0.25) is 0 Å². The smallest absolute Gasteiger partial charge is 0.140 e. The first-order chi connectivity index (χ1) is 9.78. The zero-order valence-corrected chi connectivity index (χ0v) is 11.6. The second-order valence-corrected chi connectivity index (χ2v) is 5.03. The Balaban J connectivity index is 1.86. The topological polar surface area (TPSA) is 57.4 Å². The Morgan fingerprint density at radius 3 is 2.80 bits per heavy atom. The minimum Gasteiger partial charge on any atom is -0.371 e.